The Morgan fingerprint density at radius 2 is 2.23 bits per heavy atom. The summed E-state index contributed by atoms with van der Waals surface area (Å²) >= 11 is 0. The van der Waals surface area contributed by atoms with E-state index >= 15 is 0 Å². The second-order valence-corrected chi connectivity index (χ2v) is 2.84. The molecule has 0 radical (unpaired) electrons. The number of primary amides is 1. The zero-order chi connectivity index (χ0) is 9.84. The van der Waals surface area contributed by atoms with E-state index < -0.39 is 6.09 Å². The molecule has 1 aromatic carbocycles. The molecule has 3 nitrogen and oxygen atoms in total. The molecule has 0 saturated carbocycles. The molecule has 0 fully saturated rings. The predicted octanol–water partition coefficient (Wildman–Crippen LogP) is 2.01. The minimum Gasteiger partial charge on any atom is -0.410 e. The maximum absolute atomic E-state index is 10.6. The Bertz CT molecular complexity index is 321. The Hall–Kier alpha value is -1.51. The van der Waals surface area contributed by atoms with Gasteiger partial charge in [-0.3, -0.25) is 0 Å². The van der Waals surface area contributed by atoms with Crippen molar-refractivity contribution in [1.82, 2.24) is 0 Å². The van der Waals surface area contributed by atoms with Crippen LogP contribution in [0.4, 0.5) is 4.79 Å². The summed E-state index contributed by atoms with van der Waals surface area (Å²) in [6.07, 6.45) is 0.0635. The van der Waals surface area contributed by atoms with Gasteiger partial charge in [-0.1, -0.05) is 25.1 Å². The first-order valence-electron chi connectivity index (χ1n) is 4.21. The van der Waals surface area contributed by atoms with Gasteiger partial charge in [-0.25, -0.2) is 4.79 Å². The van der Waals surface area contributed by atoms with Gasteiger partial charge in [-0.2, -0.15) is 0 Å². The summed E-state index contributed by atoms with van der Waals surface area (Å²) in [5.41, 5.74) is 6.88. The highest BCUT2D eigenvalue weighted by Gasteiger charge is 2.07. The molecule has 0 aliphatic rings. The Labute approximate surface area is 77.5 Å². The van der Waals surface area contributed by atoms with Crippen LogP contribution in [0.25, 0.3) is 0 Å². The number of carbonyl (C=O) groups is 1. The van der Waals surface area contributed by atoms with Gasteiger partial charge in [-0.15, -0.1) is 0 Å². The van der Waals surface area contributed by atoms with Gasteiger partial charge >= 0.3 is 6.09 Å². The van der Waals surface area contributed by atoms with E-state index in [0.717, 1.165) is 17.5 Å². The molecule has 70 valence electrons. The number of carbonyl (C=O) groups excluding carboxylic acids is 1. The standard InChI is InChI=1S/C10H13NO2/c1-3-8-6-4-5-7(2)9(8)13-10(11)12/h4-6H,3H2,1-2H3,(H2,11,12). The molecule has 13 heavy (non-hydrogen) atoms. The molecule has 0 saturated heterocycles. The molecule has 0 aliphatic heterocycles. The molecular formula is C10H13NO2. The van der Waals surface area contributed by atoms with E-state index in [0.29, 0.717) is 5.75 Å². The smallest absolute Gasteiger partial charge is 0.409 e. The highest BCUT2D eigenvalue weighted by atomic mass is 16.5. The van der Waals surface area contributed by atoms with Gasteiger partial charge in [0.2, 0.25) is 0 Å². The first-order valence-corrected chi connectivity index (χ1v) is 4.21. The number of hydrogen-bond donors (Lipinski definition) is 1. The van der Waals surface area contributed by atoms with E-state index in [4.69, 9.17) is 10.5 Å². The molecule has 0 aromatic heterocycles. The van der Waals surface area contributed by atoms with Crippen LogP contribution in [0.3, 0.4) is 0 Å². The third-order valence-electron chi connectivity index (χ3n) is 1.88. The molecule has 1 amide bonds. The lowest BCUT2D eigenvalue weighted by Crippen LogP contribution is -2.17. The third-order valence-corrected chi connectivity index (χ3v) is 1.88. The summed E-state index contributed by atoms with van der Waals surface area (Å²) in [5.74, 6) is 0.595. The summed E-state index contributed by atoms with van der Waals surface area (Å²) in [7, 11) is 0. The molecule has 0 unspecified atom stereocenters. The van der Waals surface area contributed by atoms with Crippen LogP contribution in [-0.2, 0) is 6.42 Å². The average molecular weight is 179 g/mol. The molecule has 0 heterocycles. The number of nitrogens with two attached hydrogens (primary N) is 1. The molecule has 3 heteroatoms. The fourth-order valence-corrected chi connectivity index (χ4v) is 1.24. The van der Waals surface area contributed by atoms with Gasteiger partial charge in [-0.05, 0) is 24.5 Å². The van der Waals surface area contributed by atoms with Crippen molar-refractivity contribution in [3.8, 4) is 5.75 Å². The maximum Gasteiger partial charge on any atom is 0.409 e. The Morgan fingerprint density at radius 1 is 1.54 bits per heavy atom. The monoisotopic (exact) mass is 179 g/mol. The minimum absolute atomic E-state index is 0.595. The van der Waals surface area contributed by atoms with Crippen molar-refractivity contribution < 1.29 is 9.53 Å². The van der Waals surface area contributed by atoms with Gasteiger partial charge in [0.05, 0.1) is 0 Å². The Morgan fingerprint density at radius 3 is 2.77 bits per heavy atom. The molecule has 2 N–H and O–H groups in total. The van der Waals surface area contributed by atoms with Gasteiger partial charge in [0.15, 0.2) is 0 Å². The summed E-state index contributed by atoms with van der Waals surface area (Å²) in [4.78, 5) is 10.6. The van der Waals surface area contributed by atoms with Crippen LogP contribution in [0.2, 0.25) is 0 Å². The average Bonchev–Trinajstić information content (AvgIpc) is 2.08. The van der Waals surface area contributed by atoms with Crippen molar-refractivity contribution in [3.05, 3.63) is 29.3 Å². The quantitative estimate of drug-likeness (QED) is 0.755. The Kier molecular flexibility index (Phi) is 2.90. The first-order chi connectivity index (χ1) is 6.15. The van der Waals surface area contributed by atoms with E-state index in [-0.39, 0.29) is 0 Å². The van der Waals surface area contributed by atoms with Crippen molar-refractivity contribution in [2.75, 3.05) is 0 Å². The maximum atomic E-state index is 10.6. The zero-order valence-corrected chi connectivity index (χ0v) is 7.83. The highest BCUT2D eigenvalue weighted by Crippen LogP contribution is 2.23. The summed E-state index contributed by atoms with van der Waals surface area (Å²) < 4.78 is 4.91. The van der Waals surface area contributed by atoms with Crippen LogP contribution < -0.4 is 10.5 Å². The number of amides is 1. The fourth-order valence-electron chi connectivity index (χ4n) is 1.24. The summed E-state index contributed by atoms with van der Waals surface area (Å²) in [6.45, 7) is 3.89. The number of benzene rings is 1. The molecule has 0 atom stereocenters. The lowest BCUT2D eigenvalue weighted by Gasteiger charge is -2.09. The van der Waals surface area contributed by atoms with Crippen LogP contribution in [0.1, 0.15) is 18.1 Å². The van der Waals surface area contributed by atoms with Gasteiger partial charge in [0, 0.05) is 0 Å². The number of para-hydroxylation sites is 1. The predicted molar refractivity (Wildman–Crippen MR) is 50.8 cm³/mol. The lowest BCUT2D eigenvalue weighted by molar-refractivity contribution is 0.210. The summed E-state index contributed by atoms with van der Waals surface area (Å²) in [6, 6.07) is 5.74. The highest BCUT2D eigenvalue weighted by molar-refractivity contribution is 5.69. The normalized spacial score (nSPS) is 9.69. The van der Waals surface area contributed by atoms with E-state index in [1.165, 1.54) is 0 Å². The van der Waals surface area contributed by atoms with E-state index in [9.17, 15) is 4.79 Å². The second kappa shape index (κ2) is 3.94. The van der Waals surface area contributed by atoms with Gasteiger partial charge < -0.3 is 10.5 Å². The number of aryl methyl sites for hydroxylation is 2. The minimum atomic E-state index is -0.760. The van der Waals surface area contributed by atoms with Gasteiger partial charge in [0.25, 0.3) is 0 Å². The van der Waals surface area contributed by atoms with E-state index in [1.54, 1.807) is 0 Å². The SMILES string of the molecule is CCc1cccc(C)c1OC(N)=O. The van der Waals surface area contributed by atoms with Crippen LogP contribution in [0.5, 0.6) is 5.75 Å². The molecule has 0 bridgehead atoms. The number of hydrogen-bond acceptors (Lipinski definition) is 2. The van der Waals surface area contributed by atoms with Crippen molar-refractivity contribution in [1.29, 1.82) is 0 Å². The van der Waals surface area contributed by atoms with Crippen molar-refractivity contribution in [3.63, 3.8) is 0 Å². The Balaban J connectivity index is 3.07. The van der Waals surface area contributed by atoms with Crippen molar-refractivity contribution in [2.24, 2.45) is 5.73 Å². The van der Waals surface area contributed by atoms with Crippen LogP contribution in [0, 0.1) is 6.92 Å². The van der Waals surface area contributed by atoms with Crippen LogP contribution in [-0.4, -0.2) is 6.09 Å². The molecule has 1 rings (SSSR count). The largest absolute Gasteiger partial charge is 0.410 e. The fraction of sp³-hybridized carbons (Fsp3) is 0.300. The van der Waals surface area contributed by atoms with Crippen LogP contribution in [0.15, 0.2) is 18.2 Å². The second-order valence-electron chi connectivity index (χ2n) is 2.84. The number of rotatable bonds is 2. The zero-order valence-electron chi connectivity index (χ0n) is 7.83. The molecular weight excluding hydrogens is 166 g/mol. The molecule has 1 aromatic rings. The van der Waals surface area contributed by atoms with Gasteiger partial charge in [0.1, 0.15) is 5.75 Å². The summed E-state index contributed by atoms with van der Waals surface area (Å²) in [5, 5.41) is 0. The molecule has 0 aliphatic carbocycles. The lowest BCUT2D eigenvalue weighted by atomic mass is 10.1. The van der Waals surface area contributed by atoms with Crippen molar-refractivity contribution in [2.45, 2.75) is 20.3 Å². The van der Waals surface area contributed by atoms with E-state index in [2.05, 4.69) is 0 Å². The molecule has 0 spiro atoms. The third kappa shape index (κ3) is 2.21. The van der Waals surface area contributed by atoms with Crippen molar-refractivity contribution >= 4 is 6.09 Å². The number of ether oxygens (including phenoxy) is 1. The van der Waals surface area contributed by atoms with E-state index in [1.807, 2.05) is 32.0 Å². The first kappa shape index (κ1) is 9.58. The van der Waals surface area contributed by atoms with Crippen LogP contribution >= 0.6 is 0 Å². The topological polar surface area (TPSA) is 52.3 Å².